The van der Waals surface area contributed by atoms with Crippen LogP contribution in [0.3, 0.4) is 0 Å². The van der Waals surface area contributed by atoms with E-state index in [9.17, 15) is 8.42 Å². The Bertz CT molecular complexity index is 941. The second-order valence-electron chi connectivity index (χ2n) is 10.3. The van der Waals surface area contributed by atoms with Gasteiger partial charge in [0, 0.05) is 30.0 Å². The van der Waals surface area contributed by atoms with E-state index in [0.717, 1.165) is 31.7 Å². The van der Waals surface area contributed by atoms with Crippen LogP contribution in [0, 0.1) is 0 Å². The average Bonchev–Trinajstić information content (AvgIpc) is 3.04. The number of hydrogen-bond acceptors (Lipinski definition) is 10. The lowest BCUT2D eigenvalue weighted by atomic mass is 10.1. The third kappa shape index (κ3) is 19.9. The molecule has 0 N–H and O–H groups in total. The molecule has 0 aromatic heterocycles. The fourth-order valence-electron chi connectivity index (χ4n) is 4.38. The number of sulfonamides is 1. The van der Waals surface area contributed by atoms with Crippen LogP contribution in [0.15, 0.2) is 33.6 Å². The Balaban J connectivity index is 1.25. The van der Waals surface area contributed by atoms with E-state index in [0.29, 0.717) is 128 Å². The van der Waals surface area contributed by atoms with Crippen LogP contribution >= 0.6 is 27.5 Å². The minimum absolute atomic E-state index is 0.0337. The average molecular weight is 747 g/mol. The van der Waals surface area contributed by atoms with Gasteiger partial charge in [-0.05, 0) is 53.7 Å². The van der Waals surface area contributed by atoms with E-state index in [1.54, 1.807) is 24.3 Å². The first-order chi connectivity index (χ1) is 22.1. The van der Waals surface area contributed by atoms with Crippen LogP contribution in [0.5, 0.6) is 0 Å². The highest BCUT2D eigenvalue weighted by Gasteiger charge is 2.30. The van der Waals surface area contributed by atoms with Crippen molar-refractivity contribution in [3.63, 3.8) is 0 Å². The highest BCUT2D eigenvalue weighted by Crippen LogP contribution is 2.27. The SMILES string of the molecule is O=S(=O)(c1ccccc1Br)N1CCC(OCCOCCOCCOCCOCCOCCOCCOCCCCCCCl)CC1. The van der Waals surface area contributed by atoms with Gasteiger partial charge in [-0.2, -0.15) is 4.31 Å². The van der Waals surface area contributed by atoms with E-state index < -0.39 is 10.0 Å². The second-order valence-corrected chi connectivity index (χ2v) is 13.4. The molecule has 45 heavy (non-hydrogen) atoms. The van der Waals surface area contributed by atoms with Crippen molar-refractivity contribution in [2.75, 3.05) is 118 Å². The third-order valence-corrected chi connectivity index (χ3v) is 10.0. The van der Waals surface area contributed by atoms with Crippen molar-refractivity contribution in [1.29, 1.82) is 0 Å². The Morgan fingerprint density at radius 3 is 1.51 bits per heavy atom. The first-order valence-corrected chi connectivity index (χ1v) is 18.8. The molecular weight excluding hydrogens is 694 g/mol. The zero-order valence-electron chi connectivity index (χ0n) is 26.6. The number of hydrogen-bond donors (Lipinski definition) is 0. The molecule has 14 heteroatoms. The van der Waals surface area contributed by atoms with Crippen LogP contribution in [0.2, 0.25) is 0 Å². The largest absolute Gasteiger partial charge is 0.379 e. The van der Waals surface area contributed by atoms with Crippen LogP contribution in [0.4, 0.5) is 0 Å². The molecule has 0 aliphatic carbocycles. The summed E-state index contributed by atoms with van der Waals surface area (Å²) in [6.07, 6.45) is 5.84. The Kier molecular flexibility index (Phi) is 24.9. The molecule has 11 nitrogen and oxygen atoms in total. The first kappa shape index (κ1) is 40.8. The molecule has 0 saturated carbocycles. The predicted molar refractivity (Wildman–Crippen MR) is 177 cm³/mol. The van der Waals surface area contributed by atoms with Gasteiger partial charge in [0.05, 0.1) is 103 Å². The first-order valence-electron chi connectivity index (χ1n) is 16.0. The number of piperidine rings is 1. The molecule has 0 bridgehead atoms. The van der Waals surface area contributed by atoms with Crippen LogP contribution in [0.25, 0.3) is 0 Å². The summed E-state index contributed by atoms with van der Waals surface area (Å²) < 4.78 is 72.3. The Hall–Kier alpha value is -0.420. The number of unbranched alkanes of at least 4 members (excludes halogenated alkanes) is 3. The monoisotopic (exact) mass is 745 g/mol. The van der Waals surface area contributed by atoms with Crippen molar-refractivity contribution in [3.8, 4) is 0 Å². The summed E-state index contributed by atoms with van der Waals surface area (Å²) in [6.45, 7) is 8.85. The maximum atomic E-state index is 12.9. The van der Waals surface area contributed by atoms with Crippen LogP contribution in [-0.4, -0.2) is 137 Å². The highest BCUT2D eigenvalue weighted by molar-refractivity contribution is 9.10. The molecule has 1 aromatic carbocycles. The highest BCUT2D eigenvalue weighted by atomic mass is 79.9. The zero-order chi connectivity index (χ0) is 32.3. The third-order valence-electron chi connectivity index (χ3n) is 6.84. The number of ether oxygens (including phenoxy) is 8. The Morgan fingerprint density at radius 2 is 1.04 bits per heavy atom. The summed E-state index contributed by atoms with van der Waals surface area (Å²) in [5.74, 6) is 0.739. The van der Waals surface area contributed by atoms with Crippen LogP contribution < -0.4 is 0 Å². The van der Waals surface area contributed by atoms with Gasteiger partial charge in [-0.25, -0.2) is 8.42 Å². The number of benzene rings is 1. The van der Waals surface area contributed by atoms with E-state index in [4.69, 9.17) is 49.5 Å². The summed E-state index contributed by atoms with van der Waals surface area (Å²) in [6, 6.07) is 6.89. The van der Waals surface area contributed by atoms with E-state index in [2.05, 4.69) is 15.9 Å². The van der Waals surface area contributed by atoms with Gasteiger partial charge in [0.15, 0.2) is 0 Å². The van der Waals surface area contributed by atoms with Gasteiger partial charge in [-0.15, -0.1) is 11.6 Å². The van der Waals surface area contributed by atoms with E-state index >= 15 is 0 Å². The summed E-state index contributed by atoms with van der Waals surface area (Å²) in [4.78, 5) is 0.300. The minimum Gasteiger partial charge on any atom is -0.379 e. The lowest BCUT2D eigenvalue weighted by molar-refractivity contribution is -0.0339. The molecule has 0 amide bonds. The number of alkyl halides is 1. The van der Waals surface area contributed by atoms with Crippen molar-refractivity contribution >= 4 is 37.6 Å². The topological polar surface area (TPSA) is 111 Å². The Labute approximate surface area is 283 Å². The molecule has 1 heterocycles. The van der Waals surface area contributed by atoms with Crippen LogP contribution in [0.1, 0.15) is 38.5 Å². The number of rotatable bonds is 30. The van der Waals surface area contributed by atoms with Crippen molar-refractivity contribution in [3.05, 3.63) is 28.7 Å². The number of nitrogens with zero attached hydrogens (tertiary/aromatic N) is 1. The van der Waals surface area contributed by atoms with Gasteiger partial charge in [-0.3, -0.25) is 0 Å². The molecular formula is C31H53BrClNO10S. The smallest absolute Gasteiger partial charge is 0.244 e. The summed E-state index contributed by atoms with van der Waals surface area (Å²) in [7, 11) is -3.51. The van der Waals surface area contributed by atoms with Crippen molar-refractivity contribution < 1.29 is 46.3 Å². The fourth-order valence-corrected chi connectivity index (χ4v) is 7.00. The molecule has 0 unspecified atom stereocenters. The minimum atomic E-state index is -3.51. The standard InChI is InChI=1S/C31H53BrClNO10S/c32-30-7-3-4-8-31(30)45(35,36)34-12-9-29(10-13-34)44-28-27-43-26-25-42-24-23-41-22-21-40-20-19-39-18-17-38-16-15-37-14-6-2-1-5-11-33/h3-4,7-8,29H,1-2,5-6,9-28H2. The molecule has 0 radical (unpaired) electrons. The lowest BCUT2D eigenvalue weighted by Gasteiger charge is -2.31. The lowest BCUT2D eigenvalue weighted by Crippen LogP contribution is -2.41. The van der Waals surface area contributed by atoms with Gasteiger partial charge in [0.2, 0.25) is 10.0 Å². The number of halogens is 2. The van der Waals surface area contributed by atoms with Crippen molar-refractivity contribution in [1.82, 2.24) is 4.31 Å². The molecule has 1 saturated heterocycles. The maximum absolute atomic E-state index is 12.9. The van der Waals surface area contributed by atoms with E-state index in [1.165, 1.54) is 10.7 Å². The predicted octanol–water partition coefficient (Wildman–Crippen LogP) is 4.53. The second kappa shape index (κ2) is 27.5. The molecule has 1 aliphatic heterocycles. The quantitative estimate of drug-likeness (QED) is 0.0823. The summed E-state index contributed by atoms with van der Waals surface area (Å²) in [5.41, 5.74) is 0. The molecule has 1 aromatic rings. The normalized spacial score (nSPS) is 14.8. The van der Waals surface area contributed by atoms with E-state index in [1.807, 2.05) is 0 Å². The molecule has 2 rings (SSSR count). The molecule has 0 atom stereocenters. The van der Waals surface area contributed by atoms with Gasteiger partial charge in [-0.1, -0.05) is 25.0 Å². The van der Waals surface area contributed by atoms with Gasteiger partial charge in [0.25, 0.3) is 0 Å². The van der Waals surface area contributed by atoms with Gasteiger partial charge >= 0.3 is 0 Å². The van der Waals surface area contributed by atoms with Crippen molar-refractivity contribution in [2.24, 2.45) is 0 Å². The van der Waals surface area contributed by atoms with E-state index in [-0.39, 0.29) is 6.10 Å². The van der Waals surface area contributed by atoms with Gasteiger partial charge < -0.3 is 37.9 Å². The summed E-state index contributed by atoms with van der Waals surface area (Å²) >= 11 is 8.99. The molecule has 262 valence electrons. The molecule has 1 aliphatic rings. The van der Waals surface area contributed by atoms with Crippen LogP contribution in [-0.2, 0) is 47.9 Å². The van der Waals surface area contributed by atoms with Crippen molar-refractivity contribution in [2.45, 2.75) is 49.5 Å². The summed E-state index contributed by atoms with van der Waals surface area (Å²) in [5, 5.41) is 0. The van der Waals surface area contributed by atoms with Gasteiger partial charge in [0.1, 0.15) is 0 Å². The zero-order valence-corrected chi connectivity index (χ0v) is 29.7. The Morgan fingerprint density at radius 1 is 0.622 bits per heavy atom. The molecule has 0 spiro atoms. The fraction of sp³-hybridized carbons (Fsp3) is 0.806. The maximum Gasteiger partial charge on any atom is 0.244 e. The molecule has 1 fully saturated rings.